The zero-order valence-electron chi connectivity index (χ0n) is 17.7. The van der Waals surface area contributed by atoms with Gasteiger partial charge in [-0.1, -0.05) is 36.8 Å². The van der Waals surface area contributed by atoms with Crippen LogP contribution in [0.15, 0.2) is 41.8 Å². The maximum absolute atomic E-state index is 13.3. The molecule has 2 heterocycles. The Morgan fingerprint density at radius 1 is 1.13 bits per heavy atom. The second-order valence-electron chi connectivity index (χ2n) is 9.51. The van der Waals surface area contributed by atoms with Crippen LogP contribution in [0.5, 0.6) is 0 Å². The molecule has 30 heavy (non-hydrogen) atoms. The number of piperidine rings is 1. The lowest BCUT2D eigenvalue weighted by atomic mass is 9.73. The van der Waals surface area contributed by atoms with Crippen molar-refractivity contribution in [3.05, 3.63) is 47.3 Å². The van der Waals surface area contributed by atoms with E-state index < -0.39 is 5.41 Å². The maximum Gasteiger partial charge on any atom is 0.228 e. The quantitative estimate of drug-likeness (QED) is 0.771. The Morgan fingerprint density at radius 3 is 2.63 bits per heavy atom. The van der Waals surface area contributed by atoms with Gasteiger partial charge in [0.1, 0.15) is 0 Å². The zero-order valence-corrected chi connectivity index (χ0v) is 18.5. The van der Waals surface area contributed by atoms with Crippen LogP contribution in [0, 0.1) is 16.7 Å². The highest BCUT2D eigenvalue weighted by Crippen LogP contribution is 2.66. The molecule has 2 amide bonds. The molecule has 3 fully saturated rings. The highest BCUT2D eigenvalue weighted by Gasteiger charge is 2.62. The van der Waals surface area contributed by atoms with Crippen LogP contribution >= 0.6 is 11.3 Å². The number of nitrogens with zero attached hydrogens (tertiary/aromatic N) is 1. The molecule has 0 bridgehead atoms. The van der Waals surface area contributed by atoms with E-state index in [1.165, 1.54) is 35.3 Å². The number of hydrogen-bond donors (Lipinski definition) is 1. The predicted octanol–water partition coefficient (Wildman–Crippen LogP) is 4.50. The van der Waals surface area contributed by atoms with Crippen LogP contribution in [0.3, 0.4) is 0 Å². The van der Waals surface area contributed by atoms with Crippen molar-refractivity contribution < 1.29 is 9.59 Å². The first-order valence-corrected chi connectivity index (χ1v) is 12.1. The Balaban J connectivity index is 1.42. The largest absolute Gasteiger partial charge is 0.359 e. The summed E-state index contributed by atoms with van der Waals surface area (Å²) in [4.78, 5) is 29.7. The number of amides is 2. The first kappa shape index (κ1) is 19.8. The molecular formula is C25H30N2O2S. The van der Waals surface area contributed by atoms with Crippen molar-refractivity contribution in [3.63, 3.8) is 0 Å². The van der Waals surface area contributed by atoms with Gasteiger partial charge in [0.15, 0.2) is 0 Å². The molecule has 2 saturated carbocycles. The minimum absolute atomic E-state index is 0.0649. The van der Waals surface area contributed by atoms with Crippen LogP contribution in [-0.4, -0.2) is 36.9 Å². The van der Waals surface area contributed by atoms with Gasteiger partial charge in [-0.15, -0.1) is 11.3 Å². The number of likely N-dealkylation sites (tertiary alicyclic amines) is 1. The molecule has 0 unspecified atom stereocenters. The standard InChI is InChI=1S/C25H30N2O2S/c1-26-23(29)25(15-18-7-2-3-8-19(18)21-9-4-14-30-21)12-6-13-27(17-25)22(28)20-16-24(20)10-5-11-24/h2-4,7-9,14,20H,5-6,10-13,15-17H2,1H3,(H,26,29)/t20-,25+/m1/s1. The summed E-state index contributed by atoms with van der Waals surface area (Å²) in [5, 5.41) is 5.01. The van der Waals surface area contributed by atoms with E-state index in [4.69, 9.17) is 0 Å². The van der Waals surface area contributed by atoms with Gasteiger partial charge < -0.3 is 10.2 Å². The smallest absolute Gasteiger partial charge is 0.228 e. The van der Waals surface area contributed by atoms with Gasteiger partial charge in [-0.3, -0.25) is 9.59 Å². The van der Waals surface area contributed by atoms with E-state index in [1.54, 1.807) is 18.4 Å². The Kier molecular flexibility index (Phi) is 4.97. The number of carbonyl (C=O) groups is 2. The summed E-state index contributed by atoms with van der Waals surface area (Å²) in [6.45, 7) is 1.33. The number of nitrogens with one attached hydrogen (secondary N) is 1. The SMILES string of the molecule is CNC(=O)[C@]1(Cc2ccccc2-c2cccs2)CCCN(C(=O)[C@H]2CC23CCC3)C1. The molecule has 5 rings (SSSR count). The normalized spacial score (nSPS) is 26.8. The third-order valence-corrected chi connectivity index (χ3v) is 8.67. The van der Waals surface area contributed by atoms with Crippen LogP contribution in [0.25, 0.3) is 10.4 Å². The molecule has 2 aliphatic carbocycles. The van der Waals surface area contributed by atoms with Gasteiger partial charge in [-0.25, -0.2) is 0 Å². The Labute approximate surface area is 182 Å². The van der Waals surface area contributed by atoms with Crippen molar-refractivity contribution in [2.45, 2.75) is 44.9 Å². The first-order valence-electron chi connectivity index (χ1n) is 11.2. The van der Waals surface area contributed by atoms with Gasteiger partial charge in [-0.05, 0) is 66.5 Å². The predicted molar refractivity (Wildman–Crippen MR) is 120 cm³/mol. The Bertz CT molecular complexity index is 950. The fraction of sp³-hybridized carbons (Fsp3) is 0.520. The van der Waals surface area contributed by atoms with Gasteiger partial charge in [0, 0.05) is 30.9 Å². The van der Waals surface area contributed by atoms with Gasteiger partial charge in [0.05, 0.1) is 5.41 Å². The number of benzene rings is 1. The van der Waals surface area contributed by atoms with E-state index in [1.807, 2.05) is 4.90 Å². The van der Waals surface area contributed by atoms with Gasteiger partial charge in [0.25, 0.3) is 0 Å². The lowest BCUT2D eigenvalue weighted by Gasteiger charge is -2.42. The molecule has 1 saturated heterocycles. The maximum atomic E-state index is 13.3. The van der Waals surface area contributed by atoms with Crippen LogP contribution < -0.4 is 5.32 Å². The molecule has 1 aliphatic heterocycles. The van der Waals surface area contributed by atoms with Crippen molar-refractivity contribution in [2.24, 2.45) is 16.7 Å². The van der Waals surface area contributed by atoms with E-state index >= 15 is 0 Å². The first-order chi connectivity index (χ1) is 14.6. The van der Waals surface area contributed by atoms with Crippen LogP contribution in [0.4, 0.5) is 0 Å². The Morgan fingerprint density at radius 2 is 1.97 bits per heavy atom. The molecule has 2 aromatic rings. The second kappa shape index (κ2) is 7.52. The molecule has 158 valence electrons. The van der Waals surface area contributed by atoms with E-state index in [0.29, 0.717) is 24.3 Å². The summed E-state index contributed by atoms with van der Waals surface area (Å²) in [5.41, 5.74) is 2.17. The molecule has 0 radical (unpaired) electrons. The van der Waals surface area contributed by atoms with Gasteiger partial charge in [0.2, 0.25) is 11.8 Å². The van der Waals surface area contributed by atoms with E-state index in [9.17, 15) is 9.59 Å². The van der Waals surface area contributed by atoms with E-state index in [-0.39, 0.29) is 11.8 Å². The fourth-order valence-electron chi connectivity index (χ4n) is 5.81. The van der Waals surface area contributed by atoms with Crippen molar-refractivity contribution in [3.8, 4) is 10.4 Å². The molecule has 3 aliphatic rings. The topological polar surface area (TPSA) is 49.4 Å². The van der Waals surface area contributed by atoms with Crippen LogP contribution in [0.2, 0.25) is 0 Å². The Hall–Kier alpha value is -2.14. The third kappa shape index (κ3) is 3.27. The van der Waals surface area contributed by atoms with E-state index in [0.717, 1.165) is 25.8 Å². The summed E-state index contributed by atoms with van der Waals surface area (Å²) in [5.74, 6) is 0.578. The van der Waals surface area contributed by atoms with Gasteiger partial charge in [-0.2, -0.15) is 0 Å². The third-order valence-electron chi connectivity index (χ3n) is 7.77. The summed E-state index contributed by atoms with van der Waals surface area (Å²) in [7, 11) is 1.72. The molecule has 2 atom stereocenters. The molecule has 1 aromatic heterocycles. The average Bonchev–Trinajstić information content (AvgIpc) is 3.31. The number of hydrogen-bond acceptors (Lipinski definition) is 3. The summed E-state index contributed by atoms with van der Waals surface area (Å²) < 4.78 is 0. The van der Waals surface area contributed by atoms with Crippen LogP contribution in [-0.2, 0) is 16.0 Å². The van der Waals surface area contributed by atoms with Crippen molar-refractivity contribution >= 4 is 23.2 Å². The number of carbonyl (C=O) groups excluding carboxylic acids is 2. The zero-order chi connectivity index (χ0) is 20.8. The van der Waals surface area contributed by atoms with E-state index in [2.05, 4.69) is 47.1 Å². The minimum Gasteiger partial charge on any atom is -0.359 e. The molecule has 1 spiro atoms. The van der Waals surface area contributed by atoms with Crippen molar-refractivity contribution in [1.82, 2.24) is 10.2 Å². The molecule has 5 heteroatoms. The minimum atomic E-state index is -0.558. The van der Waals surface area contributed by atoms with Crippen LogP contribution in [0.1, 0.15) is 44.1 Å². The lowest BCUT2D eigenvalue weighted by Crippen LogP contribution is -2.54. The lowest BCUT2D eigenvalue weighted by molar-refractivity contribution is -0.143. The van der Waals surface area contributed by atoms with Crippen molar-refractivity contribution in [2.75, 3.05) is 20.1 Å². The summed E-state index contributed by atoms with van der Waals surface area (Å²) in [6, 6.07) is 12.6. The fourth-order valence-corrected chi connectivity index (χ4v) is 6.59. The molecule has 1 aromatic carbocycles. The number of rotatable bonds is 5. The second-order valence-corrected chi connectivity index (χ2v) is 10.5. The highest BCUT2D eigenvalue weighted by atomic mass is 32.1. The number of thiophene rings is 1. The summed E-state index contributed by atoms with van der Waals surface area (Å²) >= 11 is 1.73. The monoisotopic (exact) mass is 422 g/mol. The summed E-state index contributed by atoms with van der Waals surface area (Å²) in [6.07, 6.45) is 7.14. The highest BCUT2D eigenvalue weighted by molar-refractivity contribution is 7.13. The molecule has 4 nitrogen and oxygen atoms in total. The molecular weight excluding hydrogens is 392 g/mol. The average molecular weight is 423 g/mol. The molecule has 1 N–H and O–H groups in total. The van der Waals surface area contributed by atoms with Crippen molar-refractivity contribution in [1.29, 1.82) is 0 Å². The van der Waals surface area contributed by atoms with Gasteiger partial charge >= 0.3 is 0 Å².